The van der Waals surface area contributed by atoms with E-state index in [9.17, 15) is 18.0 Å². The molecule has 1 aromatic carbocycles. The largest absolute Gasteiger partial charge is 0.416 e. The summed E-state index contributed by atoms with van der Waals surface area (Å²) in [5, 5.41) is 10.9. The van der Waals surface area contributed by atoms with Gasteiger partial charge in [0, 0.05) is 19.6 Å². The van der Waals surface area contributed by atoms with E-state index in [4.69, 9.17) is 0 Å². The standard InChI is InChI=1S/C19H23F3N4OS/c1-2-23-18(25-11-4-10-24-17(27)16-5-3-12-28-16)26-13-14-6-8-15(9-7-14)19(20,21)22/h3,5-9,12H,2,4,10-11,13H2,1H3,(H,24,27)(H2,23,25,26). The van der Waals surface area contributed by atoms with Crippen LogP contribution < -0.4 is 16.0 Å². The summed E-state index contributed by atoms with van der Waals surface area (Å²) < 4.78 is 37.8. The van der Waals surface area contributed by atoms with Gasteiger partial charge in [-0.05, 0) is 42.5 Å². The van der Waals surface area contributed by atoms with E-state index in [2.05, 4.69) is 20.9 Å². The van der Waals surface area contributed by atoms with Gasteiger partial charge in [0.15, 0.2) is 5.96 Å². The Morgan fingerprint density at radius 3 is 2.39 bits per heavy atom. The van der Waals surface area contributed by atoms with Gasteiger partial charge >= 0.3 is 6.18 Å². The Morgan fingerprint density at radius 2 is 1.79 bits per heavy atom. The summed E-state index contributed by atoms with van der Waals surface area (Å²) in [6.45, 7) is 3.98. The van der Waals surface area contributed by atoms with Gasteiger partial charge in [-0.1, -0.05) is 18.2 Å². The number of rotatable bonds is 8. The summed E-state index contributed by atoms with van der Waals surface area (Å²) in [6.07, 6.45) is -3.63. The molecular weight excluding hydrogens is 389 g/mol. The number of carbonyl (C=O) groups excluding carboxylic acids is 1. The number of nitrogens with zero attached hydrogens (tertiary/aromatic N) is 1. The molecule has 9 heteroatoms. The second-order valence-electron chi connectivity index (χ2n) is 5.90. The van der Waals surface area contributed by atoms with Crippen molar-refractivity contribution in [2.75, 3.05) is 19.6 Å². The summed E-state index contributed by atoms with van der Waals surface area (Å²) in [7, 11) is 0. The first-order valence-electron chi connectivity index (χ1n) is 8.90. The Morgan fingerprint density at radius 1 is 1.07 bits per heavy atom. The molecule has 1 aromatic heterocycles. The molecule has 1 heterocycles. The fourth-order valence-electron chi connectivity index (χ4n) is 2.30. The maximum absolute atomic E-state index is 12.6. The smallest absolute Gasteiger partial charge is 0.357 e. The van der Waals surface area contributed by atoms with Gasteiger partial charge in [0.1, 0.15) is 0 Å². The van der Waals surface area contributed by atoms with Crippen LogP contribution >= 0.6 is 11.3 Å². The molecule has 0 spiro atoms. The molecule has 0 radical (unpaired) electrons. The second kappa shape index (κ2) is 10.7. The van der Waals surface area contributed by atoms with Crippen LogP contribution in [0.4, 0.5) is 13.2 Å². The molecule has 5 nitrogen and oxygen atoms in total. The van der Waals surface area contributed by atoms with Crippen LogP contribution in [0, 0.1) is 0 Å². The maximum atomic E-state index is 12.6. The van der Waals surface area contributed by atoms with Crippen molar-refractivity contribution >= 4 is 23.2 Å². The number of alkyl halides is 3. The van der Waals surface area contributed by atoms with Crippen LogP contribution in [0.25, 0.3) is 0 Å². The highest BCUT2D eigenvalue weighted by atomic mass is 32.1. The quantitative estimate of drug-likeness (QED) is 0.352. The van der Waals surface area contributed by atoms with Gasteiger partial charge in [0.05, 0.1) is 17.0 Å². The van der Waals surface area contributed by atoms with E-state index in [0.29, 0.717) is 42.5 Å². The minimum Gasteiger partial charge on any atom is -0.357 e. The number of amides is 1. The van der Waals surface area contributed by atoms with E-state index >= 15 is 0 Å². The highest BCUT2D eigenvalue weighted by Crippen LogP contribution is 2.29. The number of halogens is 3. The molecule has 0 aliphatic heterocycles. The zero-order valence-corrected chi connectivity index (χ0v) is 16.3. The van der Waals surface area contributed by atoms with Crippen molar-refractivity contribution in [3.63, 3.8) is 0 Å². The third kappa shape index (κ3) is 7.22. The van der Waals surface area contributed by atoms with Gasteiger partial charge < -0.3 is 16.0 Å². The predicted octanol–water partition coefficient (Wildman–Crippen LogP) is 3.64. The van der Waals surface area contributed by atoms with Crippen molar-refractivity contribution in [2.24, 2.45) is 4.99 Å². The highest BCUT2D eigenvalue weighted by molar-refractivity contribution is 7.12. The van der Waals surface area contributed by atoms with Crippen LogP contribution in [-0.4, -0.2) is 31.5 Å². The summed E-state index contributed by atoms with van der Waals surface area (Å²) in [5.74, 6) is 0.491. The first-order valence-corrected chi connectivity index (χ1v) is 9.78. The molecule has 0 saturated carbocycles. The zero-order valence-electron chi connectivity index (χ0n) is 15.5. The highest BCUT2D eigenvalue weighted by Gasteiger charge is 2.29. The number of nitrogens with one attached hydrogen (secondary N) is 3. The van der Waals surface area contributed by atoms with Crippen LogP contribution in [0.2, 0.25) is 0 Å². The van der Waals surface area contributed by atoms with Crippen molar-refractivity contribution < 1.29 is 18.0 Å². The summed E-state index contributed by atoms with van der Waals surface area (Å²) in [4.78, 5) is 16.9. The molecule has 152 valence electrons. The Bertz CT molecular complexity index is 758. The Balaban J connectivity index is 1.76. The lowest BCUT2D eigenvalue weighted by atomic mass is 10.1. The minimum atomic E-state index is -4.34. The van der Waals surface area contributed by atoms with Crippen LogP contribution in [0.3, 0.4) is 0 Å². The molecule has 0 aliphatic rings. The summed E-state index contributed by atoms with van der Waals surface area (Å²) in [5.41, 5.74) is 0.0169. The van der Waals surface area contributed by atoms with Crippen molar-refractivity contribution in [3.05, 3.63) is 57.8 Å². The van der Waals surface area contributed by atoms with Crippen LogP contribution in [0.5, 0.6) is 0 Å². The number of thiophene rings is 1. The average molecular weight is 412 g/mol. The zero-order chi connectivity index (χ0) is 20.4. The van der Waals surface area contributed by atoms with E-state index in [0.717, 1.165) is 12.1 Å². The topological polar surface area (TPSA) is 65.5 Å². The molecule has 0 bridgehead atoms. The van der Waals surface area contributed by atoms with Gasteiger partial charge in [-0.2, -0.15) is 13.2 Å². The predicted molar refractivity (Wildman–Crippen MR) is 106 cm³/mol. The molecule has 0 aliphatic carbocycles. The Labute approximate surface area is 166 Å². The summed E-state index contributed by atoms with van der Waals surface area (Å²) >= 11 is 1.39. The van der Waals surface area contributed by atoms with Crippen LogP contribution in [-0.2, 0) is 12.7 Å². The number of hydrogen-bond acceptors (Lipinski definition) is 3. The maximum Gasteiger partial charge on any atom is 0.416 e. The van der Waals surface area contributed by atoms with Crippen LogP contribution in [0.15, 0.2) is 46.8 Å². The number of guanidine groups is 1. The molecule has 0 atom stereocenters. The van der Waals surface area contributed by atoms with E-state index < -0.39 is 11.7 Å². The third-order valence-corrected chi connectivity index (χ3v) is 4.59. The van der Waals surface area contributed by atoms with Gasteiger partial charge in [0.25, 0.3) is 5.91 Å². The van der Waals surface area contributed by atoms with Crippen molar-refractivity contribution in [2.45, 2.75) is 26.1 Å². The summed E-state index contributed by atoms with van der Waals surface area (Å²) in [6, 6.07) is 8.57. The minimum absolute atomic E-state index is 0.0853. The molecule has 2 rings (SSSR count). The molecule has 3 N–H and O–H groups in total. The van der Waals surface area contributed by atoms with Gasteiger partial charge in [0.2, 0.25) is 0 Å². The molecule has 0 saturated heterocycles. The second-order valence-corrected chi connectivity index (χ2v) is 6.85. The normalized spacial score (nSPS) is 11.9. The fraction of sp³-hybridized carbons (Fsp3) is 0.368. The number of benzene rings is 1. The van der Waals surface area contributed by atoms with Gasteiger partial charge in [-0.15, -0.1) is 11.3 Å². The molecule has 28 heavy (non-hydrogen) atoms. The van der Waals surface area contributed by atoms with E-state index in [1.807, 2.05) is 18.4 Å². The Hall–Kier alpha value is -2.55. The van der Waals surface area contributed by atoms with Crippen molar-refractivity contribution in [1.29, 1.82) is 0 Å². The number of hydrogen-bond donors (Lipinski definition) is 3. The lowest BCUT2D eigenvalue weighted by Gasteiger charge is -2.12. The van der Waals surface area contributed by atoms with Crippen molar-refractivity contribution in [3.8, 4) is 0 Å². The molecule has 0 fully saturated rings. The van der Waals surface area contributed by atoms with E-state index in [1.54, 1.807) is 6.07 Å². The third-order valence-electron chi connectivity index (χ3n) is 3.72. The van der Waals surface area contributed by atoms with Gasteiger partial charge in [-0.25, -0.2) is 4.99 Å². The molecule has 2 aromatic rings. The van der Waals surface area contributed by atoms with Crippen molar-refractivity contribution in [1.82, 2.24) is 16.0 Å². The number of carbonyl (C=O) groups is 1. The van der Waals surface area contributed by atoms with E-state index in [-0.39, 0.29) is 12.5 Å². The fourth-order valence-corrected chi connectivity index (χ4v) is 2.94. The SMILES string of the molecule is CCNC(=NCc1ccc(C(F)(F)F)cc1)NCCCNC(=O)c1cccs1. The molecule has 1 amide bonds. The lowest BCUT2D eigenvalue weighted by Crippen LogP contribution is -2.38. The monoisotopic (exact) mass is 412 g/mol. The first-order chi connectivity index (χ1) is 13.4. The van der Waals surface area contributed by atoms with Gasteiger partial charge in [-0.3, -0.25) is 4.79 Å². The molecular formula is C19H23F3N4OS. The average Bonchev–Trinajstić information content (AvgIpc) is 3.20. The van der Waals surface area contributed by atoms with E-state index in [1.165, 1.54) is 23.5 Å². The number of aliphatic imine (C=N–C) groups is 1. The Kier molecular flexibility index (Phi) is 8.31. The molecule has 0 unspecified atom stereocenters. The van der Waals surface area contributed by atoms with Crippen LogP contribution in [0.1, 0.15) is 34.1 Å². The first kappa shape index (κ1) is 21.7. The lowest BCUT2D eigenvalue weighted by molar-refractivity contribution is -0.137.